The molecular weight excluding hydrogens is 262 g/mol. The van der Waals surface area contributed by atoms with E-state index in [1.807, 2.05) is 0 Å². The van der Waals surface area contributed by atoms with Crippen LogP contribution < -0.4 is 0 Å². The number of benzene rings is 1. The average molecular weight is 282 g/mol. The zero-order chi connectivity index (χ0) is 11.4. The molecule has 1 nitrogen and oxygen atoms in total. The summed E-state index contributed by atoms with van der Waals surface area (Å²) < 4.78 is 1.19. The molecular formula is C14H20BrN. The Bertz CT molecular complexity index is 333. The molecule has 0 heterocycles. The fourth-order valence-corrected chi connectivity index (χ4v) is 2.56. The summed E-state index contributed by atoms with van der Waals surface area (Å²) in [6.45, 7) is 5.88. The second kappa shape index (κ2) is 5.83. The van der Waals surface area contributed by atoms with Gasteiger partial charge < -0.3 is 0 Å². The molecule has 1 saturated carbocycles. The fraction of sp³-hybridized carbons (Fsp3) is 0.571. The van der Waals surface area contributed by atoms with Gasteiger partial charge in [-0.2, -0.15) is 0 Å². The molecule has 0 spiro atoms. The van der Waals surface area contributed by atoms with Crippen LogP contribution in [0.2, 0.25) is 0 Å². The predicted molar refractivity (Wildman–Crippen MR) is 72.4 cm³/mol. The Labute approximate surface area is 107 Å². The van der Waals surface area contributed by atoms with Crippen LogP contribution in [0, 0.1) is 5.92 Å². The largest absolute Gasteiger partial charge is 0.299 e. The molecule has 2 rings (SSSR count). The number of rotatable bonds is 6. The number of hydrogen-bond acceptors (Lipinski definition) is 1. The fourth-order valence-electron chi connectivity index (χ4n) is 2.11. The second-order valence-corrected chi connectivity index (χ2v) is 5.72. The monoisotopic (exact) mass is 281 g/mol. The van der Waals surface area contributed by atoms with E-state index in [1.54, 1.807) is 0 Å². The average Bonchev–Trinajstić information content (AvgIpc) is 3.02. The Morgan fingerprint density at radius 2 is 2.19 bits per heavy atom. The van der Waals surface area contributed by atoms with Gasteiger partial charge in [0.1, 0.15) is 0 Å². The van der Waals surface area contributed by atoms with Crippen molar-refractivity contribution in [3.05, 3.63) is 34.3 Å². The highest BCUT2D eigenvalue weighted by atomic mass is 79.9. The molecule has 1 aliphatic rings. The van der Waals surface area contributed by atoms with Gasteiger partial charge in [-0.05, 0) is 49.4 Å². The summed E-state index contributed by atoms with van der Waals surface area (Å²) in [6.07, 6.45) is 4.14. The first-order chi connectivity index (χ1) is 7.78. The van der Waals surface area contributed by atoms with Crippen LogP contribution in [-0.4, -0.2) is 18.0 Å². The predicted octanol–water partition coefficient (Wildman–Crippen LogP) is 4.07. The Balaban J connectivity index is 1.92. The minimum atomic E-state index is 0.985. The van der Waals surface area contributed by atoms with E-state index < -0.39 is 0 Å². The van der Waals surface area contributed by atoms with Crippen molar-refractivity contribution >= 4 is 15.9 Å². The molecule has 0 aliphatic heterocycles. The normalized spacial score (nSPS) is 15.7. The smallest absolute Gasteiger partial charge is 0.0234 e. The topological polar surface area (TPSA) is 3.24 Å². The van der Waals surface area contributed by atoms with Crippen LogP contribution in [0.25, 0.3) is 0 Å². The highest BCUT2D eigenvalue weighted by Gasteiger charge is 2.23. The molecule has 88 valence electrons. The third-order valence-electron chi connectivity index (χ3n) is 3.05. The lowest BCUT2D eigenvalue weighted by Gasteiger charge is -2.21. The summed E-state index contributed by atoms with van der Waals surface area (Å²) in [6, 6.07) is 8.67. The number of nitrogens with zero attached hydrogens (tertiary/aromatic N) is 1. The molecule has 16 heavy (non-hydrogen) atoms. The highest BCUT2D eigenvalue weighted by Crippen LogP contribution is 2.30. The van der Waals surface area contributed by atoms with Gasteiger partial charge in [0.05, 0.1) is 0 Å². The van der Waals surface area contributed by atoms with E-state index in [1.165, 1.54) is 42.4 Å². The summed E-state index contributed by atoms with van der Waals surface area (Å²) in [5.41, 5.74) is 1.42. The SMILES string of the molecule is CCCN(Cc1cccc(Br)c1)CC1CC1. The maximum Gasteiger partial charge on any atom is 0.0234 e. The van der Waals surface area contributed by atoms with Crippen molar-refractivity contribution in [1.29, 1.82) is 0 Å². The lowest BCUT2D eigenvalue weighted by molar-refractivity contribution is 0.255. The summed E-state index contributed by atoms with van der Waals surface area (Å²) in [5, 5.41) is 0. The molecule has 0 saturated heterocycles. The van der Waals surface area contributed by atoms with Gasteiger partial charge in [0, 0.05) is 17.6 Å². The maximum atomic E-state index is 3.54. The van der Waals surface area contributed by atoms with Gasteiger partial charge in [-0.3, -0.25) is 4.90 Å². The van der Waals surface area contributed by atoms with E-state index in [0.717, 1.165) is 12.5 Å². The molecule has 0 radical (unpaired) electrons. The maximum absolute atomic E-state index is 3.54. The Morgan fingerprint density at radius 3 is 2.81 bits per heavy atom. The molecule has 0 N–H and O–H groups in total. The van der Waals surface area contributed by atoms with Crippen LogP contribution in [0.1, 0.15) is 31.7 Å². The van der Waals surface area contributed by atoms with Crippen molar-refractivity contribution in [1.82, 2.24) is 4.90 Å². The molecule has 0 unspecified atom stereocenters. The van der Waals surface area contributed by atoms with Crippen molar-refractivity contribution in [2.75, 3.05) is 13.1 Å². The van der Waals surface area contributed by atoms with Crippen LogP contribution in [0.15, 0.2) is 28.7 Å². The Kier molecular flexibility index (Phi) is 4.42. The summed E-state index contributed by atoms with van der Waals surface area (Å²) in [7, 11) is 0. The van der Waals surface area contributed by atoms with Gasteiger partial charge in [-0.25, -0.2) is 0 Å². The van der Waals surface area contributed by atoms with Crippen LogP contribution in [0.4, 0.5) is 0 Å². The molecule has 0 atom stereocenters. The molecule has 2 heteroatoms. The van der Waals surface area contributed by atoms with E-state index in [0.29, 0.717) is 0 Å². The molecule has 0 aromatic heterocycles. The van der Waals surface area contributed by atoms with Gasteiger partial charge in [0.2, 0.25) is 0 Å². The summed E-state index contributed by atoms with van der Waals surface area (Å²) in [5.74, 6) is 0.985. The number of hydrogen-bond donors (Lipinski definition) is 0. The van der Waals surface area contributed by atoms with Crippen LogP contribution in [-0.2, 0) is 6.54 Å². The molecule has 1 aliphatic carbocycles. The molecule has 1 aromatic carbocycles. The molecule has 1 fully saturated rings. The van der Waals surface area contributed by atoms with Crippen molar-refractivity contribution in [2.45, 2.75) is 32.7 Å². The van der Waals surface area contributed by atoms with Crippen molar-refractivity contribution in [2.24, 2.45) is 5.92 Å². The van der Waals surface area contributed by atoms with Crippen molar-refractivity contribution < 1.29 is 0 Å². The first kappa shape index (κ1) is 12.1. The van der Waals surface area contributed by atoms with Gasteiger partial charge in [-0.15, -0.1) is 0 Å². The van der Waals surface area contributed by atoms with Gasteiger partial charge in [0.15, 0.2) is 0 Å². The minimum Gasteiger partial charge on any atom is -0.299 e. The summed E-state index contributed by atoms with van der Waals surface area (Å²) in [4.78, 5) is 2.60. The van der Waals surface area contributed by atoms with Gasteiger partial charge in [0.25, 0.3) is 0 Å². The first-order valence-corrected chi connectivity index (χ1v) is 7.04. The minimum absolute atomic E-state index is 0.985. The zero-order valence-electron chi connectivity index (χ0n) is 9.95. The molecule has 1 aromatic rings. The third kappa shape index (κ3) is 3.91. The highest BCUT2D eigenvalue weighted by molar-refractivity contribution is 9.10. The van der Waals surface area contributed by atoms with Crippen LogP contribution in [0.5, 0.6) is 0 Å². The van der Waals surface area contributed by atoms with Gasteiger partial charge in [-0.1, -0.05) is 35.0 Å². The van der Waals surface area contributed by atoms with Gasteiger partial charge >= 0.3 is 0 Å². The molecule has 0 bridgehead atoms. The number of halogens is 1. The van der Waals surface area contributed by atoms with E-state index in [9.17, 15) is 0 Å². The quantitative estimate of drug-likeness (QED) is 0.760. The lowest BCUT2D eigenvalue weighted by atomic mass is 10.2. The Hall–Kier alpha value is -0.340. The Morgan fingerprint density at radius 1 is 1.38 bits per heavy atom. The van der Waals surface area contributed by atoms with Crippen LogP contribution >= 0.6 is 15.9 Å². The van der Waals surface area contributed by atoms with E-state index in [4.69, 9.17) is 0 Å². The summed E-state index contributed by atoms with van der Waals surface area (Å²) >= 11 is 3.54. The molecule has 0 amide bonds. The zero-order valence-corrected chi connectivity index (χ0v) is 11.5. The lowest BCUT2D eigenvalue weighted by Crippen LogP contribution is -2.26. The van der Waals surface area contributed by atoms with E-state index in [-0.39, 0.29) is 0 Å². The third-order valence-corrected chi connectivity index (χ3v) is 3.54. The van der Waals surface area contributed by atoms with Crippen molar-refractivity contribution in [3.63, 3.8) is 0 Å². The van der Waals surface area contributed by atoms with E-state index in [2.05, 4.69) is 52.0 Å². The van der Waals surface area contributed by atoms with E-state index >= 15 is 0 Å². The van der Waals surface area contributed by atoms with Crippen LogP contribution in [0.3, 0.4) is 0 Å². The standard InChI is InChI=1S/C14H20BrN/c1-2-8-16(10-12-6-7-12)11-13-4-3-5-14(15)9-13/h3-5,9,12H,2,6-8,10-11H2,1H3. The first-order valence-electron chi connectivity index (χ1n) is 6.24. The second-order valence-electron chi connectivity index (χ2n) is 4.81. The van der Waals surface area contributed by atoms with Crippen molar-refractivity contribution in [3.8, 4) is 0 Å².